The molecule has 0 fully saturated rings. The second-order valence-electron chi connectivity index (χ2n) is 15.8. The standard InChI is InChI=1S/C52H52ClN/c1-38(2)32-33-54-48-31-30-45(53)34-47(48)52(36-42-21-11-7-12-22-42,37-43-23-13-8-14-24-43)49(54)27-17-18-40(4)51(5,35-41-19-9-6-10-20-41)50-39(3)28-29-44-25-15-16-26-46(44)50/h6-31,34,38H,4,32-33,35-37H2,1-3,5H3. The first kappa shape index (κ1) is 37.2. The zero-order chi connectivity index (χ0) is 37.7. The van der Waals surface area contributed by atoms with Crippen LogP contribution in [0.2, 0.25) is 5.02 Å². The summed E-state index contributed by atoms with van der Waals surface area (Å²) in [6.07, 6.45) is 10.6. The molecule has 272 valence electrons. The number of hydrogen-bond donors (Lipinski definition) is 0. The van der Waals surface area contributed by atoms with Crippen molar-refractivity contribution < 1.29 is 0 Å². The fourth-order valence-corrected chi connectivity index (χ4v) is 8.94. The zero-order valence-corrected chi connectivity index (χ0v) is 33.0. The molecule has 1 aliphatic heterocycles. The molecule has 1 unspecified atom stereocenters. The van der Waals surface area contributed by atoms with E-state index in [-0.39, 0.29) is 10.8 Å². The van der Waals surface area contributed by atoms with Crippen LogP contribution in [0.5, 0.6) is 0 Å². The van der Waals surface area contributed by atoms with Gasteiger partial charge in [-0.1, -0.05) is 178 Å². The van der Waals surface area contributed by atoms with Gasteiger partial charge in [-0.3, -0.25) is 0 Å². The Hall–Kier alpha value is -5.11. The summed E-state index contributed by atoms with van der Waals surface area (Å²) in [7, 11) is 0. The molecule has 1 atom stereocenters. The molecule has 0 saturated heterocycles. The first-order chi connectivity index (χ1) is 26.2. The summed E-state index contributed by atoms with van der Waals surface area (Å²) in [4.78, 5) is 2.59. The Bertz CT molecular complexity index is 2240. The van der Waals surface area contributed by atoms with Gasteiger partial charge in [-0.2, -0.15) is 0 Å². The molecule has 1 aliphatic rings. The Balaban J connectivity index is 1.39. The normalized spacial score (nSPS) is 15.6. The molecule has 7 rings (SSSR count). The number of anilines is 1. The molecule has 6 aromatic carbocycles. The first-order valence-electron chi connectivity index (χ1n) is 19.4. The van der Waals surface area contributed by atoms with Crippen LogP contribution in [0.3, 0.4) is 0 Å². The summed E-state index contributed by atoms with van der Waals surface area (Å²) in [5.74, 6) is 0.568. The van der Waals surface area contributed by atoms with Gasteiger partial charge in [0.15, 0.2) is 0 Å². The monoisotopic (exact) mass is 725 g/mol. The number of benzene rings is 6. The molecule has 0 spiro atoms. The molecule has 2 heteroatoms. The molecular formula is C52H52ClN. The third kappa shape index (κ3) is 7.61. The van der Waals surface area contributed by atoms with E-state index in [1.54, 1.807) is 0 Å². The van der Waals surface area contributed by atoms with Crippen LogP contribution >= 0.6 is 11.6 Å². The first-order valence-corrected chi connectivity index (χ1v) is 19.8. The van der Waals surface area contributed by atoms with Gasteiger partial charge in [0.2, 0.25) is 0 Å². The van der Waals surface area contributed by atoms with Crippen molar-refractivity contribution in [1.82, 2.24) is 0 Å². The SMILES string of the molecule is C=C(C=CC=C1N(CCC(C)C)c2ccc(Cl)cc2C1(Cc1ccccc1)Cc1ccccc1)C(C)(Cc1ccccc1)c1c(C)ccc2ccccc12. The van der Waals surface area contributed by atoms with Gasteiger partial charge in [0, 0.05) is 33.8 Å². The van der Waals surface area contributed by atoms with Crippen molar-refractivity contribution in [2.75, 3.05) is 11.4 Å². The van der Waals surface area contributed by atoms with Crippen molar-refractivity contribution in [3.05, 3.63) is 220 Å². The molecule has 0 radical (unpaired) electrons. The highest BCUT2D eigenvalue weighted by molar-refractivity contribution is 6.30. The van der Waals surface area contributed by atoms with Crippen molar-refractivity contribution in [2.24, 2.45) is 5.92 Å². The van der Waals surface area contributed by atoms with Crippen molar-refractivity contribution in [3.63, 3.8) is 0 Å². The molecule has 0 aliphatic carbocycles. The van der Waals surface area contributed by atoms with Crippen LogP contribution in [0.1, 0.15) is 60.6 Å². The van der Waals surface area contributed by atoms with Gasteiger partial charge < -0.3 is 4.90 Å². The summed E-state index contributed by atoms with van der Waals surface area (Å²) in [5, 5.41) is 3.32. The van der Waals surface area contributed by atoms with Crippen LogP contribution in [0.15, 0.2) is 182 Å². The predicted octanol–water partition coefficient (Wildman–Crippen LogP) is 13.6. The van der Waals surface area contributed by atoms with Crippen molar-refractivity contribution in [2.45, 2.75) is 64.2 Å². The molecule has 0 amide bonds. The number of aryl methyl sites for hydroxylation is 1. The van der Waals surface area contributed by atoms with Crippen LogP contribution in [0.25, 0.3) is 10.8 Å². The molecule has 1 heterocycles. The fraction of sp³-hybridized carbons (Fsp3) is 0.231. The molecule has 0 saturated carbocycles. The summed E-state index contributed by atoms with van der Waals surface area (Å²) in [5.41, 5.74) is 10.8. The molecule has 54 heavy (non-hydrogen) atoms. The Morgan fingerprint density at radius 3 is 1.98 bits per heavy atom. The highest BCUT2D eigenvalue weighted by atomic mass is 35.5. The lowest BCUT2D eigenvalue weighted by molar-refractivity contribution is 0.496. The summed E-state index contributed by atoms with van der Waals surface area (Å²) in [6, 6.07) is 52.6. The Morgan fingerprint density at radius 2 is 1.35 bits per heavy atom. The van der Waals surface area contributed by atoms with E-state index in [4.69, 9.17) is 18.2 Å². The smallest absolute Gasteiger partial charge is 0.0457 e. The Kier molecular flexibility index (Phi) is 11.1. The summed E-state index contributed by atoms with van der Waals surface area (Å²) >= 11 is 6.89. The van der Waals surface area contributed by atoms with Crippen LogP contribution in [0.4, 0.5) is 5.69 Å². The van der Waals surface area contributed by atoms with E-state index in [9.17, 15) is 0 Å². The van der Waals surface area contributed by atoms with Gasteiger partial charge in [-0.25, -0.2) is 0 Å². The van der Waals surface area contributed by atoms with Crippen LogP contribution in [-0.2, 0) is 30.1 Å². The summed E-state index contributed by atoms with van der Waals surface area (Å²) in [6.45, 7) is 15.1. The lowest BCUT2D eigenvalue weighted by atomic mass is 9.69. The van der Waals surface area contributed by atoms with Gasteiger partial charge in [0.05, 0.1) is 0 Å². The fourth-order valence-electron chi connectivity index (χ4n) is 8.77. The van der Waals surface area contributed by atoms with E-state index < -0.39 is 0 Å². The third-order valence-electron chi connectivity index (χ3n) is 11.5. The van der Waals surface area contributed by atoms with E-state index in [1.807, 2.05) is 0 Å². The quantitative estimate of drug-likeness (QED) is 0.107. The average molecular weight is 726 g/mol. The lowest BCUT2D eigenvalue weighted by Gasteiger charge is -2.35. The molecule has 0 bridgehead atoms. The zero-order valence-electron chi connectivity index (χ0n) is 32.2. The summed E-state index contributed by atoms with van der Waals surface area (Å²) < 4.78 is 0. The lowest BCUT2D eigenvalue weighted by Crippen LogP contribution is -2.36. The Morgan fingerprint density at radius 1 is 0.759 bits per heavy atom. The maximum Gasteiger partial charge on any atom is 0.0457 e. The van der Waals surface area contributed by atoms with Crippen LogP contribution < -0.4 is 4.90 Å². The minimum absolute atomic E-state index is 0.342. The van der Waals surface area contributed by atoms with E-state index in [1.165, 1.54) is 55.5 Å². The van der Waals surface area contributed by atoms with Crippen molar-refractivity contribution in [1.29, 1.82) is 0 Å². The number of rotatable bonds is 13. The number of halogens is 1. The maximum absolute atomic E-state index is 6.89. The van der Waals surface area contributed by atoms with E-state index in [0.717, 1.165) is 42.8 Å². The average Bonchev–Trinajstić information content (AvgIpc) is 3.41. The number of nitrogens with zero attached hydrogens (tertiary/aromatic N) is 1. The van der Waals surface area contributed by atoms with Crippen molar-refractivity contribution in [3.8, 4) is 0 Å². The molecule has 0 aromatic heterocycles. The second kappa shape index (κ2) is 16.1. The van der Waals surface area contributed by atoms with Gasteiger partial charge in [-0.05, 0) is 113 Å². The van der Waals surface area contributed by atoms with Crippen molar-refractivity contribution >= 4 is 28.1 Å². The maximum atomic E-state index is 6.89. The van der Waals surface area contributed by atoms with Gasteiger partial charge in [0.25, 0.3) is 0 Å². The third-order valence-corrected chi connectivity index (χ3v) is 11.8. The predicted molar refractivity (Wildman–Crippen MR) is 233 cm³/mol. The van der Waals surface area contributed by atoms with E-state index >= 15 is 0 Å². The largest absolute Gasteiger partial charge is 0.344 e. The topological polar surface area (TPSA) is 3.24 Å². The van der Waals surface area contributed by atoms with Crippen LogP contribution in [0, 0.1) is 12.8 Å². The van der Waals surface area contributed by atoms with Gasteiger partial charge >= 0.3 is 0 Å². The Labute approximate surface area is 328 Å². The molecule has 0 N–H and O–H groups in total. The van der Waals surface area contributed by atoms with E-state index in [2.05, 4.69) is 196 Å². The highest BCUT2D eigenvalue weighted by Crippen LogP contribution is 2.53. The van der Waals surface area contributed by atoms with E-state index in [0.29, 0.717) is 5.92 Å². The number of allylic oxidation sites excluding steroid dienone is 5. The number of fused-ring (bicyclic) bond motifs is 2. The number of hydrogen-bond acceptors (Lipinski definition) is 1. The molecule has 1 nitrogen and oxygen atoms in total. The minimum atomic E-state index is -0.351. The highest BCUT2D eigenvalue weighted by Gasteiger charge is 2.47. The second-order valence-corrected chi connectivity index (χ2v) is 16.2. The molecule has 6 aromatic rings. The van der Waals surface area contributed by atoms with Gasteiger partial charge in [0.1, 0.15) is 0 Å². The minimum Gasteiger partial charge on any atom is -0.344 e. The van der Waals surface area contributed by atoms with Gasteiger partial charge in [-0.15, -0.1) is 0 Å². The van der Waals surface area contributed by atoms with Crippen LogP contribution in [-0.4, -0.2) is 6.54 Å². The molecular weight excluding hydrogens is 674 g/mol.